The number of hydrogen-bond donors (Lipinski definition) is 1. The highest BCUT2D eigenvalue weighted by molar-refractivity contribution is 8.02. The molecule has 5 heteroatoms. The van der Waals surface area contributed by atoms with E-state index in [-0.39, 0.29) is 0 Å². The molecule has 2 rings (SSSR count). The van der Waals surface area contributed by atoms with Gasteiger partial charge in [0.1, 0.15) is 10.8 Å². The van der Waals surface area contributed by atoms with Crippen LogP contribution in [0.2, 0.25) is 5.02 Å². The first-order valence-corrected chi connectivity index (χ1v) is 8.06. The van der Waals surface area contributed by atoms with Crippen molar-refractivity contribution >= 4 is 34.9 Å². The Morgan fingerprint density at radius 2 is 2.19 bits per heavy atom. The van der Waals surface area contributed by atoms with Crippen molar-refractivity contribution in [1.29, 1.82) is 0 Å². The summed E-state index contributed by atoms with van der Waals surface area (Å²) in [6, 6.07) is 6.22. The molecule has 1 N–H and O–H groups in total. The number of rotatable bonds is 5. The van der Waals surface area contributed by atoms with Crippen molar-refractivity contribution in [2.45, 2.75) is 32.1 Å². The van der Waals surface area contributed by atoms with Crippen LogP contribution in [0.3, 0.4) is 0 Å². The molecule has 3 nitrogen and oxygen atoms in total. The van der Waals surface area contributed by atoms with Gasteiger partial charge < -0.3 is 5.32 Å². The number of allylic oxidation sites excluding steroid dienone is 1. The minimum atomic E-state index is 0.524. The van der Waals surface area contributed by atoms with E-state index in [4.69, 9.17) is 11.6 Å². The van der Waals surface area contributed by atoms with Crippen molar-refractivity contribution in [3.63, 3.8) is 0 Å². The van der Waals surface area contributed by atoms with Gasteiger partial charge in [0, 0.05) is 17.0 Å². The Hall–Kier alpha value is -1.52. The third-order valence-electron chi connectivity index (χ3n) is 2.89. The van der Waals surface area contributed by atoms with Crippen LogP contribution in [-0.2, 0) is 6.42 Å². The van der Waals surface area contributed by atoms with Crippen LogP contribution in [0.25, 0.3) is 0 Å². The van der Waals surface area contributed by atoms with Crippen LogP contribution in [0.1, 0.15) is 25.2 Å². The lowest BCUT2D eigenvalue weighted by Gasteiger charge is -2.11. The molecule has 0 radical (unpaired) electrons. The molecule has 1 aromatic carbocycles. The number of aromatic nitrogens is 2. The van der Waals surface area contributed by atoms with E-state index in [0.29, 0.717) is 10.8 Å². The van der Waals surface area contributed by atoms with Gasteiger partial charge in [-0.25, -0.2) is 9.97 Å². The second-order valence-electron chi connectivity index (χ2n) is 4.53. The highest BCUT2D eigenvalue weighted by Gasteiger charge is 2.06. The molecule has 0 saturated heterocycles. The summed E-state index contributed by atoms with van der Waals surface area (Å²) in [4.78, 5) is 9.81. The third-order valence-corrected chi connectivity index (χ3v) is 4.27. The molecule has 0 amide bonds. The smallest absolute Gasteiger partial charge is 0.152 e. The minimum absolute atomic E-state index is 0.524. The Kier molecular flexibility index (Phi) is 5.65. The van der Waals surface area contributed by atoms with E-state index in [2.05, 4.69) is 39.7 Å². The largest absolute Gasteiger partial charge is 0.339 e. The fourth-order valence-electron chi connectivity index (χ4n) is 1.74. The molecular weight excluding hydrogens is 302 g/mol. The van der Waals surface area contributed by atoms with E-state index in [0.717, 1.165) is 17.9 Å². The fourth-order valence-corrected chi connectivity index (χ4v) is 2.61. The molecule has 21 heavy (non-hydrogen) atoms. The monoisotopic (exact) mass is 319 g/mol. The number of nitrogens with one attached hydrogen (secondary N) is 1. The summed E-state index contributed by atoms with van der Waals surface area (Å²) < 4.78 is 0. The maximum Gasteiger partial charge on any atom is 0.152 e. The standard InChI is InChI=1S/C16H18ClN3S/c1-4-8-21-14-9-12(7-6-11(14)3)19-16-13(17)10-18-15(5-2)20-16/h4,6-10H,5H2,1-3H3,(H,18,19,20)/b8-4-. The van der Waals surface area contributed by atoms with Crippen LogP contribution in [0.15, 0.2) is 40.8 Å². The Balaban J connectivity index is 2.27. The van der Waals surface area contributed by atoms with Crippen LogP contribution in [-0.4, -0.2) is 9.97 Å². The summed E-state index contributed by atoms with van der Waals surface area (Å²) in [6.07, 6.45) is 4.45. The molecule has 0 fully saturated rings. The van der Waals surface area contributed by atoms with Gasteiger partial charge in [0.25, 0.3) is 0 Å². The van der Waals surface area contributed by atoms with Gasteiger partial charge in [0.15, 0.2) is 5.82 Å². The minimum Gasteiger partial charge on any atom is -0.339 e. The Bertz CT molecular complexity index is 656. The lowest BCUT2D eigenvalue weighted by molar-refractivity contribution is 0.943. The second-order valence-corrected chi connectivity index (χ2v) is 5.88. The van der Waals surface area contributed by atoms with Crippen LogP contribution in [0.4, 0.5) is 11.5 Å². The SMILES string of the molecule is C/C=C\Sc1cc(Nc2nc(CC)ncc2Cl)ccc1C. The van der Waals surface area contributed by atoms with Crippen LogP contribution >= 0.6 is 23.4 Å². The van der Waals surface area contributed by atoms with E-state index in [1.54, 1.807) is 18.0 Å². The lowest BCUT2D eigenvalue weighted by atomic mass is 10.2. The van der Waals surface area contributed by atoms with E-state index in [9.17, 15) is 0 Å². The van der Waals surface area contributed by atoms with Gasteiger partial charge in [0.05, 0.1) is 6.20 Å². The topological polar surface area (TPSA) is 37.8 Å². The summed E-state index contributed by atoms with van der Waals surface area (Å²) in [7, 11) is 0. The first-order valence-electron chi connectivity index (χ1n) is 6.81. The molecule has 1 heterocycles. The Labute approximate surface area is 134 Å². The predicted octanol–water partition coefficient (Wildman–Crippen LogP) is 5.37. The van der Waals surface area contributed by atoms with Crippen LogP contribution in [0.5, 0.6) is 0 Å². The highest BCUT2D eigenvalue weighted by atomic mass is 35.5. The molecule has 0 aliphatic heterocycles. The number of anilines is 2. The lowest BCUT2D eigenvalue weighted by Crippen LogP contribution is -2.00. The van der Waals surface area contributed by atoms with Gasteiger partial charge in [0.2, 0.25) is 0 Å². The van der Waals surface area contributed by atoms with Gasteiger partial charge >= 0.3 is 0 Å². The van der Waals surface area contributed by atoms with Gasteiger partial charge in [-0.15, -0.1) is 0 Å². The first kappa shape index (κ1) is 15.9. The zero-order valence-corrected chi connectivity index (χ0v) is 13.9. The molecule has 0 atom stereocenters. The van der Waals surface area contributed by atoms with Crippen molar-refractivity contribution in [2.24, 2.45) is 0 Å². The number of thioether (sulfide) groups is 1. The van der Waals surface area contributed by atoms with Gasteiger partial charge in [-0.3, -0.25) is 0 Å². The van der Waals surface area contributed by atoms with Gasteiger partial charge in [-0.2, -0.15) is 0 Å². The van der Waals surface area contributed by atoms with Crippen molar-refractivity contribution in [3.05, 3.63) is 52.3 Å². The van der Waals surface area contributed by atoms with Crippen LogP contribution in [0, 0.1) is 6.92 Å². The maximum absolute atomic E-state index is 6.15. The molecule has 0 unspecified atom stereocenters. The number of aryl methyl sites for hydroxylation is 2. The van der Waals surface area contributed by atoms with Gasteiger partial charge in [-0.05, 0) is 37.0 Å². The molecule has 0 aliphatic carbocycles. The molecule has 110 valence electrons. The van der Waals surface area contributed by atoms with E-state index in [1.807, 2.05) is 26.0 Å². The highest BCUT2D eigenvalue weighted by Crippen LogP contribution is 2.29. The molecule has 0 aliphatic rings. The number of nitrogens with zero attached hydrogens (tertiary/aromatic N) is 2. The molecule has 2 aromatic rings. The normalized spacial score (nSPS) is 11.0. The average Bonchev–Trinajstić information content (AvgIpc) is 2.50. The Morgan fingerprint density at radius 3 is 2.90 bits per heavy atom. The molecule has 1 aromatic heterocycles. The fraction of sp³-hybridized carbons (Fsp3) is 0.250. The summed E-state index contributed by atoms with van der Waals surface area (Å²) >= 11 is 7.85. The summed E-state index contributed by atoms with van der Waals surface area (Å²) in [6.45, 7) is 6.13. The third kappa shape index (κ3) is 4.22. The first-order chi connectivity index (χ1) is 10.1. The quantitative estimate of drug-likeness (QED) is 0.752. The number of halogens is 1. The molecule has 0 saturated carbocycles. The van der Waals surface area contributed by atoms with E-state index in [1.165, 1.54) is 10.5 Å². The number of hydrogen-bond acceptors (Lipinski definition) is 4. The molecular formula is C16H18ClN3S. The molecule has 0 bridgehead atoms. The Morgan fingerprint density at radius 1 is 1.38 bits per heavy atom. The summed E-state index contributed by atoms with van der Waals surface area (Å²) in [5.41, 5.74) is 2.21. The predicted molar refractivity (Wildman–Crippen MR) is 91.6 cm³/mol. The van der Waals surface area contributed by atoms with Gasteiger partial charge in [-0.1, -0.05) is 42.4 Å². The van der Waals surface area contributed by atoms with Crippen molar-refractivity contribution in [2.75, 3.05) is 5.32 Å². The molecule has 0 spiro atoms. The maximum atomic E-state index is 6.15. The van der Waals surface area contributed by atoms with Crippen molar-refractivity contribution in [3.8, 4) is 0 Å². The second kappa shape index (κ2) is 7.48. The zero-order valence-electron chi connectivity index (χ0n) is 12.4. The van der Waals surface area contributed by atoms with Crippen molar-refractivity contribution < 1.29 is 0 Å². The number of benzene rings is 1. The van der Waals surface area contributed by atoms with Crippen LogP contribution < -0.4 is 5.32 Å². The zero-order chi connectivity index (χ0) is 15.2. The van der Waals surface area contributed by atoms with Crippen molar-refractivity contribution in [1.82, 2.24) is 9.97 Å². The van der Waals surface area contributed by atoms with E-state index < -0.39 is 0 Å². The summed E-state index contributed by atoms with van der Waals surface area (Å²) in [5.74, 6) is 1.42. The van der Waals surface area contributed by atoms with E-state index >= 15 is 0 Å². The summed E-state index contributed by atoms with van der Waals surface area (Å²) in [5, 5.41) is 5.86. The average molecular weight is 320 g/mol.